The average molecular weight is 941 g/mol. The number of hydrogen-bond acceptors (Lipinski definition) is 6. The quantitative estimate of drug-likeness (QED) is 0.101. The molecule has 0 aliphatic carbocycles. The topological polar surface area (TPSA) is 48.4 Å². The van der Waals surface area contributed by atoms with Gasteiger partial charge >= 0.3 is 0 Å². The van der Waals surface area contributed by atoms with Gasteiger partial charge in [-0.3, -0.25) is 0 Å². The maximum atomic E-state index is 4.96. The lowest BCUT2D eigenvalue weighted by Gasteiger charge is -2.29. The molecule has 11 rings (SSSR count). The lowest BCUT2D eigenvalue weighted by atomic mass is 10.1. The van der Waals surface area contributed by atoms with Gasteiger partial charge in [0.15, 0.2) is 17.5 Å². The summed E-state index contributed by atoms with van der Waals surface area (Å²) < 4.78 is 0. The van der Waals surface area contributed by atoms with Crippen LogP contribution in [0, 0.1) is 13.8 Å². The summed E-state index contributed by atoms with van der Waals surface area (Å²) in [4.78, 5) is 21.7. The molecule has 6 heteroatoms. The summed E-state index contributed by atoms with van der Waals surface area (Å²) in [5, 5.41) is 0. The molecule has 0 atom stereocenters. The van der Waals surface area contributed by atoms with Crippen LogP contribution < -0.4 is 14.7 Å². The number of aromatic nitrogens is 3. The van der Waals surface area contributed by atoms with Crippen molar-refractivity contribution in [1.82, 2.24) is 15.0 Å². The number of anilines is 9. The summed E-state index contributed by atoms with van der Waals surface area (Å²) in [6.45, 7) is 4.17. The van der Waals surface area contributed by atoms with E-state index in [9.17, 15) is 0 Å². The molecule has 1 aromatic heterocycles. The van der Waals surface area contributed by atoms with Crippen LogP contribution in [-0.4, -0.2) is 15.0 Å². The predicted octanol–water partition coefficient (Wildman–Crippen LogP) is 18.1. The molecular weight excluding hydrogens is 889 g/mol. The summed E-state index contributed by atoms with van der Waals surface area (Å²) in [5.74, 6) is 1.93. The van der Waals surface area contributed by atoms with Crippen molar-refractivity contribution in [2.24, 2.45) is 0 Å². The molecule has 350 valence electrons. The van der Waals surface area contributed by atoms with Crippen LogP contribution in [-0.2, 0) is 0 Å². The van der Waals surface area contributed by atoms with Crippen LogP contribution in [0.4, 0.5) is 51.2 Å². The third kappa shape index (κ3) is 10.5. The number of hydrogen-bond donors (Lipinski definition) is 0. The average Bonchev–Trinajstić information content (AvgIpc) is 3.45. The van der Waals surface area contributed by atoms with Gasteiger partial charge in [0, 0.05) is 67.9 Å². The zero-order valence-electron chi connectivity index (χ0n) is 40.7. The molecule has 0 N–H and O–H groups in total. The first-order valence-corrected chi connectivity index (χ1v) is 24.6. The summed E-state index contributed by atoms with van der Waals surface area (Å²) in [7, 11) is 0. The monoisotopic (exact) mass is 940 g/mol. The van der Waals surface area contributed by atoms with Gasteiger partial charge in [-0.2, -0.15) is 0 Å². The Morgan fingerprint density at radius 1 is 0.233 bits per heavy atom. The zero-order chi connectivity index (χ0) is 49.3. The number of benzene rings is 10. The number of aryl methyl sites for hydroxylation is 2. The van der Waals surface area contributed by atoms with Crippen molar-refractivity contribution < 1.29 is 0 Å². The van der Waals surface area contributed by atoms with Crippen molar-refractivity contribution in [3.05, 3.63) is 289 Å². The second kappa shape index (κ2) is 21.1. The van der Waals surface area contributed by atoms with E-state index in [4.69, 9.17) is 15.0 Å². The third-order valence-electron chi connectivity index (χ3n) is 12.8. The van der Waals surface area contributed by atoms with Gasteiger partial charge in [-0.15, -0.1) is 0 Å². The van der Waals surface area contributed by atoms with E-state index in [-0.39, 0.29) is 0 Å². The molecule has 10 aromatic carbocycles. The first kappa shape index (κ1) is 45.8. The maximum absolute atomic E-state index is 4.96. The van der Waals surface area contributed by atoms with Gasteiger partial charge in [-0.1, -0.05) is 181 Å². The highest BCUT2D eigenvalue weighted by Crippen LogP contribution is 2.41. The lowest BCUT2D eigenvalue weighted by molar-refractivity contribution is 1.07. The van der Waals surface area contributed by atoms with Gasteiger partial charge < -0.3 is 14.7 Å². The fraction of sp³-hybridized carbons (Fsp3) is 0.0299. The lowest BCUT2D eigenvalue weighted by Crippen LogP contribution is -2.13. The fourth-order valence-electron chi connectivity index (χ4n) is 8.99. The Hall–Kier alpha value is -9.65. The molecule has 73 heavy (non-hydrogen) atoms. The second-order valence-electron chi connectivity index (χ2n) is 18.0. The number of rotatable bonds is 14. The Bertz CT molecular complexity index is 3300. The van der Waals surface area contributed by atoms with Crippen molar-refractivity contribution >= 4 is 63.3 Å². The van der Waals surface area contributed by atoms with Gasteiger partial charge in [0.2, 0.25) is 0 Å². The van der Waals surface area contributed by atoms with Gasteiger partial charge in [0.1, 0.15) is 0 Å². The van der Waals surface area contributed by atoms with Crippen LogP contribution in [0.1, 0.15) is 22.3 Å². The maximum Gasteiger partial charge on any atom is 0.164 e. The van der Waals surface area contributed by atoms with Crippen LogP contribution in [0.5, 0.6) is 0 Å². The van der Waals surface area contributed by atoms with Crippen molar-refractivity contribution in [2.45, 2.75) is 13.8 Å². The van der Waals surface area contributed by atoms with E-state index >= 15 is 0 Å². The van der Waals surface area contributed by atoms with Gasteiger partial charge in [0.05, 0.1) is 0 Å². The van der Waals surface area contributed by atoms with E-state index in [0.29, 0.717) is 17.5 Å². The Morgan fingerprint density at radius 3 is 0.699 bits per heavy atom. The Morgan fingerprint density at radius 2 is 0.438 bits per heavy atom. The van der Waals surface area contributed by atoms with Crippen LogP contribution in [0.2, 0.25) is 0 Å². The Balaban J connectivity index is 0.896. The molecule has 0 amide bonds. The second-order valence-corrected chi connectivity index (χ2v) is 18.0. The van der Waals surface area contributed by atoms with Crippen molar-refractivity contribution in [1.29, 1.82) is 0 Å². The highest BCUT2D eigenvalue weighted by molar-refractivity contribution is 5.84. The molecule has 0 unspecified atom stereocenters. The number of nitrogens with zero attached hydrogens (tertiary/aromatic N) is 6. The highest BCUT2D eigenvalue weighted by Gasteiger charge is 2.18. The largest absolute Gasteiger partial charge is 0.311 e. The minimum Gasteiger partial charge on any atom is -0.311 e. The first-order valence-electron chi connectivity index (χ1n) is 24.6. The molecule has 1 heterocycles. The minimum absolute atomic E-state index is 0.635. The normalized spacial score (nSPS) is 11.1. The van der Waals surface area contributed by atoms with Crippen molar-refractivity contribution in [3.8, 4) is 34.2 Å². The summed E-state index contributed by atoms with van der Waals surface area (Å²) >= 11 is 0. The molecule has 0 saturated carbocycles. The molecule has 0 saturated heterocycles. The fourth-order valence-corrected chi connectivity index (χ4v) is 8.99. The van der Waals surface area contributed by atoms with E-state index < -0.39 is 0 Å². The van der Waals surface area contributed by atoms with Gasteiger partial charge in [-0.05, 0) is 134 Å². The smallest absolute Gasteiger partial charge is 0.164 e. The molecular formula is C67H52N6. The van der Waals surface area contributed by atoms with Gasteiger partial charge in [-0.25, -0.2) is 15.0 Å². The van der Waals surface area contributed by atoms with E-state index in [1.807, 2.05) is 0 Å². The van der Waals surface area contributed by atoms with Crippen LogP contribution in [0.25, 0.3) is 46.3 Å². The van der Waals surface area contributed by atoms with Crippen LogP contribution >= 0.6 is 0 Å². The van der Waals surface area contributed by atoms with E-state index in [2.05, 4.69) is 308 Å². The third-order valence-corrected chi connectivity index (χ3v) is 12.8. The predicted molar refractivity (Wildman–Crippen MR) is 305 cm³/mol. The molecule has 0 aliphatic rings. The molecule has 0 spiro atoms. The Labute approximate surface area is 428 Å². The highest BCUT2D eigenvalue weighted by atomic mass is 15.2. The molecule has 0 aliphatic heterocycles. The van der Waals surface area contributed by atoms with Gasteiger partial charge in [0.25, 0.3) is 0 Å². The summed E-state index contributed by atoms with van der Waals surface area (Å²) in [5.41, 5.74) is 17.0. The van der Waals surface area contributed by atoms with E-state index in [1.54, 1.807) is 0 Å². The molecule has 0 radical (unpaired) electrons. The molecule has 11 aromatic rings. The van der Waals surface area contributed by atoms with Crippen molar-refractivity contribution in [2.75, 3.05) is 14.7 Å². The molecule has 0 fully saturated rings. The Kier molecular flexibility index (Phi) is 13.3. The number of para-hydroxylation sites is 4. The van der Waals surface area contributed by atoms with E-state index in [0.717, 1.165) is 79.0 Å². The first-order chi connectivity index (χ1) is 36.0. The van der Waals surface area contributed by atoms with Crippen LogP contribution in [0.3, 0.4) is 0 Å². The standard InChI is InChI=1S/C67H52N6/c1-49-23-33-53(34-24-49)65-68-66(54-35-25-50(2)26-36-54)70-67(69-65)55-37-29-51(30-38-55)27-28-52-31-39-60(40-32-52)73(63-45-41-61(42-46-63)71(56-15-7-3-8-16-56)57-17-9-4-10-18-57)64-47-43-62(44-48-64)72(58-19-11-5-12-20-58)59-21-13-6-14-22-59/h3-48H,1-2H3/b28-27+. The summed E-state index contributed by atoms with van der Waals surface area (Å²) in [6, 6.07) is 93.5. The minimum atomic E-state index is 0.635. The van der Waals surface area contributed by atoms with Crippen LogP contribution in [0.15, 0.2) is 267 Å². The summed E-state index contributed by atoms with van der Waals surface area (Å²) in [6.07, 6.45) is 4.30. The van der Waals surface area contributed by atoms with E-state index in [1.165, 1.54) is 11.1 Å². The van der Waals surface area contributed by atoms with Crippen molar-refractivity contribution in [3.63, 3.8) is 0 Å². The molecule has 0 bridgehead atoms. The molecule has 6 nitrogen and oxygen atoms in total. The zero-order valence-corrected chi connectivity index (χ0v) is 40.7. The SMILES string of the molecule is Cc1ccc(-c2nc(-c3ccc(C)cc3)nc(-c3ccc(/C=C/c4ccc(N(c5ccc(N(c6ccccc6)c6ccccc6)cc5)c5ccc(N(c6ccccc6)c6ccccc6)cc5)cc4)cc3)n2)cc1.